The molecule has 0 aliphatic carbocycles. The smallest absolute Gasteiger partial charge is 0.327 e. The first-order chi connectivity index (χ1) is 12.0. The zero-order valence-corrected chi connectivity index (χ0v) is 14.5. The highest BCUT2D eigenvalue weighted by atomic mass is 16.6. The van der Waals surface area contributed by atoms with Gasteiger partial charge in [-0.2, -0.15) is 0 Å². The SMILES string of the molecule is CCOC(=O)C(C)(C(=O)OCC)c1ccc2oc3ccccc3c2c1. The van der Waals surface area contributed by atoms with Crippen molar-refractivity contribution in [3.8, 4) is 0 Å². The Hall–Kier alpha value is -2.82. The van der Waals surface area contributed by atoms with Crippen LogP contribution in [0.15, 0.2) is 46.9 Å². The maximum absolute atomic E-state index is 12.6. The molecule has 0 saturated heterocycles. The molecule has 0 N–H and O–H groups in total. The van der Waals surface area contributed by atoms with Crippen molar-refractivity contribution >= 4 is 33.9 Å². The fourth-order valence-corrected chi connectivity index (χ4v) is 2.91. The Bertz CT molecular complexity index is 920. The van der Waals surface area contributed by atoms with E-state index in [-0.39, 0.29) is 13.2 Å². The Kier molecular flexibility index (Phi) is 4.49. The number of para-hydroxylation sites is 1. The predicted molar refractivity (Wildman–Crippen MR) is 94.3 cm³/mol. The van der Waals surface area contributed by atoms with Gasteiger partial charge in [-0.15, -0.1) is 0 Å². The fraction of sp³-hybridized carbons (Fsp3) is 0.300. The van der Waals surface area contributed by atoms with E-state index in [0.717, 1.165) is 16.4 Å². The summed E-state index contributed by atoms with van der Waals surface area (Å²) in [6.45, 7) is 5.31. The first-order valence-electron chi connectivity index (χ1n) is 8.28. The van der Waals surface area contributed by atoms with E-state index < -0.39 is 17.4 Å². The van der Waals surface area contributed by atoms with Gasteiger partial charge in [0.2, 0.25) is 0 Å². The average Bonchev–Trinajstić information content (AvgIpc) is 2.99. The van der Waals surface area contributed by atoms with Gasteiger partial charge >= 0.3 is 11.9 Å². The number of fused-ring (bicyclic) bond motifs is 3. The number of hydrogen-bond acceptors (Lipinski definition) is 5. The van der Waals surface area contributed by atoms with E-state index in [1.807, 2.05) is 24.3 Å². The monoisotopic (exact) mass is 340 g/mol. The molecule has 5 nitrogen and oxygen atoms in total. The van der Waals surface area contributed by atoms with Crippen molar-refractivity contribution in [1.82, 2.24) is 0 Å². The van der Waals surface area contributed by atoms with Crippen LogP contribution in [-0.2, 0) is 24.5 Å². The van der Waals surface area contributed by atoms with E-state index in [0.29, 0.717) is 11.1 Å². The molecule has 0 saturated carbocycles. The van der Waals surface area contributed by atoms with E-state index in [2.05, 4.69) is 0 Å². The Morgan fingerprint density at radius 3 is 2.16 bits per heavy atom. The lowest BCUT2D eigenvalue weighted by Gasteiger charge is -2.25. The van der Waals surface area contributed by atoms with Gasteiger partial charge in [-0.25, -0.2) is 0 Å². The minimum atomic E-state index is -1.53. The lowest BCUT2D eigenvalue weighted by atomic mass is 9.82. The number of ether oxygens (including phenoxy) is 2. The van der Waals surface area contributed by atoms with E-state index in [4.69, 9.17) is 13.9 Å². The van der Waals surface area contributed by atoms with Crippen LogP contribution in [-0.4, -0.2) is 25.2 Å². The quantitative estimate of drug-likeness (QED) is 0.519. The summed E-state index contributed by atoms with van der Waals surface area (Å²) in [5, 5.41) is 1.77. The van der Waals surface area contributed by atoms with Gasteiger partial charge in [-0.3, -0.25) is 9.59 Å². The minimum absolute atomic E-state index is 0.185. The summed E-state index contributed by atoms with van der Waals surface area (Å²) in [6, 6.07) is 12.9. The van der Waals surface area contributed by atoms with E-state index in [1.54, 1.807) is 32.0 Å². The molecule has 0 bridgehead atoms. The molecule has 0 radical (unpaired) electrons. The van der Waals surface area contributed by atoms with Crippen LogP contribution in [0.3, 0.4) is 0 Å². The third kappa shape index (κ3) is 2.76. The summed E-state index contributed by atoms with van der Waals surface area (Å²) < 4.78 is 16.1. The molecule has 25 heavy (non-hydrogen) atoms. The van der Waals surface area contributed by atoms with Gasteiger partial charge in [0.1, 0.15) is 11.2 Å². The second-order valence-corrected chi connectivity index (χ2v) is 5.88. The molecule has 0 atom stereocenters. The fourth-order valence-electron chi connectivity index (χ4n) is 2.91. The van der Waals surface area contributed by atoms with Crippen LogP contribution in [0, 0.1) is 0 Å². The van der Waals surface area contributed by atoms with Crippen molar-refractivity contribution in [3.63, 3.8) is 0 Å². The zero-order chi connectivity index (χ0) is 18.0. The molecule has 1 heterocycles. The van der Waals surface area contributed by atoms with Gasteiger partial charge < -0.3 is 13.9 Å². The number of hydrogen-bond donors (Lipinski definition) is 0. The molecule has 0 spiro atoms. The summed E-state index contributed by atoms with van der Waals surface area (Å²) in [5.41, 5.74) is 0.436. The molecule has 2 aromatic carbocycles. The Labute approximate surface area is 145 Å². The van der Waals surface area contributed by atoms with Crippen LogP contribution in [0.25, 0.3) is 21.9 Å². The highest BCUT2D eigenvalue weighted by molar-refractivity contribution is 6.09. The summed E-state index contributed by atoms with van der Waals surface area (Å²) in [7, 11) is 0. The van der Waals surface area contributed by atoms with Crippen molar-refractivity contribution in [1.29, 1.82) is 0 Å². The Balaban J connectivity index is 2.19. The molecule has 0 aliphatic heterocycles. The van der Waals surface area contributed by atoms with Crippen LogP contribution in [0.4, 0.5) is 0 Å². The summed E-state index contributed by atoms with van der Waals surface area (Å²) in [4.78, 5) is 25.1. The number of furan rings is 1. The molecular formula is C20H20O5. The summed E-state index contributed by atoms with van der Waals surface area (Å²) in [6.07, 6.45) is 0. The first kappa shape index (κ1) is 17.0. The van der Waals surface area contributed by atoms with Gasteiger partial charge in [0, 0.05) is 10.8 Å². The van der Waals surface area contributed by atoms with E-state index >= 15 is 0 Å². The highest BCUT2D eigenvalue weighted by Gasteiger charge is 2.46. The first-order valence-corrected chi connectivity index (χ1v) is 8.28. The number of carbonyl (C=O) groups excluding carboxylic acids is 2. The lowest BCUT2D eigenvalue weighted by molar-refractivity contribution is -0.163. The van der Waals surface area contributed by atoms with Crippen molar-refractivity contribution < 1.29 is 23.5 Å². The number of esters is 2. The standard InChI is InChI=1S/C20H20O5/c1-4-23-18(21)20(3,19(22)24-5-2)13-10-11-17-15(12-13)14-8-6-7-9-16(14)25-17/h6-12H,4-5H2,1-3H3. The third-order valence-electron chi connectivity index (χ3n) is 4.32. The second kappa shape index (κ2) is 6.59. The van der Waals surface area contributed by atoms with Gasteiger partial charge in [-0.05, 0) is 44.5 Å². The number of carbonyl (C=O) groups is 2. The summed E-state index contributed by atoms with van der Waals surface area (Å²) >= 11 is 0. The average molecular weight is 340 g/mol. The van der Waals surface area contributed by atoms with Crippen molar-refractivity contribution in [2.75, 3.05) is 13.2 Å². The van der Waals surface area contributed by atoms with Crippen molar-refractivity contribution in [3.05, 3.63) is 48.0 Å². The molecule has 1 aromatic heterocycles. The molecular weight excluding hydrogens is 320 g/mol. The molecule has 0 amide bonds. The molecule has 5 heteroatoms. The van der Waals surface area contributed by atoms with E-state index in [9.17, 15) is 9.59 Å². The predicted octanol–water partition coefficient (Wildman–Crippen LogP) is 3.97. The minimum Gasteiger partial charge on any atom is -0.465 e. The molecule has 3 aromatic rings. The van der Waals surface area contributed by atoms with Crippen molar-refractivity contribution in [2.24, 2.45) is 0 Å². The number of benzene rings is 2. The van der Waals surface area contributed by atoms with Crippen molar-refractivity contribution in [2.45, 2.75) is 26.2 Å². The Morgan fingerprint density at radius 1 is 0.920 bits per heavy atom. The van der Waals surface area contributed by atoms with Crippen LogP contribution in [0.2, 0.25) is 0 Å². The zero-order valence-electron chi connectivity index (χ0n) is 14.5. The van der Waals surface area contributed by atoms with Crippen LogP contribution in [0.5, 0.6) is 0 Å². The molecule has 0 aliphatic rings. The maximum atomic E-state index is 12.6. The van der Waals surface area contributed by atoms with Crippen LogP contribution in [0.1, 0.15) is 26.3 Å². The lowest BCUT2D eigenvalue weighted by Crippen LogP contribution is -2.43. The third-order valence-corrected chi connectivity index (χ3v) is 4.32. The van der Waals surface area contributed by atoms with Gasteiger partial charge in [0.15, 0.2) is 5.41 Å². The van der Waals surface area contributed by atoms with Gasteiger partial charge in [0.25, 0.3) is 0 Å². The van der Waals surface area contributed by atoms with Crippen LogP contribution < -0.4 is 0 Å². The molecule has 130 valence electrons. The maximum Gasteiger partial charge on any atom is 0.327 e. The van der Waals surface area contributed by atoms with Gasteiger partial charge in [0.05, 0.1) is 13.2 Å². The molecule has 3 rings (SSSR count). The van der Waals surface area contributed by atoms with E-state index in [1.165, 1.54) is 6.92 Å². The number of rotatable bonds is 5. The topological polar surface area (TPSA) is 65.7 Å². The highest BCUT2D eigenvalue weighted by Crippen LogP contribution is 2.34. The second-order valence-electron chi connectivity index (χ2n) is 5.88. The largest absolute Gasteiger partial charge is 0.465 e. The summed E-state index contributed by atoms with van der Waals surface area (Å²) in [5.74, 6) is -1.25. The van der Waals surface area contributed by atoms with Crippen LogP contribution >= 0.6 is 0 Å². The molecule has 0 unspecified atom stereocenters. The normalized spacial score (nSPS) is 11.6. The Morgan fingerprint density at radius 2 is 1.52 bits per heavy atom. The van der Waals surface area contributed by atoms with Gasteiger partial charge in [-0.1, -0.05) is 24.3 Å². The molecule has 0 fully saturated rings.